The van der Waals surface area contributed by atoms with Crippen LogP contribution in [0.25, 0.3) is 0 Å². The Balaban J connectivity index is 1.89. The first-order valence-electron chi connectivity index (χ1n) is 8.34. The highest BCUT2D eigenvalue weighted by atomic mass is 16.6. The average molecular weight is 372 g/mol. The second-order valence-electron chi connectivity index (χ2n) is 5.31. The highest BCUT2D eigenvalue weighted by molar-refractivity contribution is 6.20. The van der Waals surface area contributed by atoms with Crippen molar-refractivity contribution in [3.8, 4) is 11.5 Å². The number of carbonyl (C=O) groups excluding carboxylic acids is 2. The van der Waals surface area contributed by atoms with E-state index in [1.807, 2.05) is 0 Å². The van der Waals surface area contributed by atoms with Gasteiger partial charge in [0.2, 0.25) is 0 Å². The minimum atomic E-state index is -0.476. The third kappa shape index (κ3) is 6.65. The van der Waals surface area contributed by atoms with Crippen molar-refractivity contribution >= 4 is 19.6 Å². The van der Waals surface area contributed by atoms with E-state index >= 15 is 0 Å². The Morgan fingerprint density at radius 3 is 1.63 bits per heavy atom. The molecule has 0 amide bonds. The Morgan fingerprint density at radius 1 is 0.778 bits per heavy atom. The molecule has 0 saturated carbocycles. The molecule has 0 saturated heterocycles. The summed E-state index contributed by atoms with van der Waals surface area (Å²) in [7, 11) is -0.109. The molecule has 0 atom stereocenters. The number of hydrogen-bond acceptors (Lipinski definition) is 8. The number of nitrogens with two attached hydrogens (primary N) is 2. The van der Waals surface area contributed by atoms with Gasteiger partial charge in [-0.05, 0) is 36.4 Å². The van der Waals surface area contributed by atoms with E-state index in [1.54, 1.807) is 48.5 Å². The predicted molar refractivity (Wildman–Crippen MR) is 100.0 cm³/mol. The van der Waals surface area contributed by atoms with Gasteiger partial charge in [-0.2, -0.15) is 0 Å². The largest absolute Gasteiger partial charge is 0.576 e. The van der Waals surface area contributed by atoms with Crippen molar-refractivity contribution in [2.45, 2.75) is 0 Å². The van der Waals surface area contributed by atoms with Crippen molar-refractivity contribution in [1.29, 1.82) is 0 Å². The molecule has 0 radical (unpaired) electrons. The molecule has 0 bridgehead atoms. The van der Waals surface area contributed by atoms with E-state index in [-0.39, 0.29) is 34.0 Å². The summed E-state index contributed by atoms with van der Waals surface area (Å²) in [5, 5.41) is 0. The quantitative estimate of drug-likeness (QED) is 0.460. The van der Waals surface area contributed by atoms with E-state index < -0.39 is 11.9 Å². The van der Waals surface area contributed by atoms with Crippen LogP contribution in [0.1, 0.15) is 20.7 Å². The van der Waals surface area contributed by atoms with E-state index in [2.05, 4.69) is 0 Å². The maximum absolute atomic E-state index is 11.8. The summed E-state index contributed by atoms with van der Waals surface area (Å²) in [6, 6.07) is 13.0. The van der Waals surface area contributed by atoms with Gasteiger partial charge in [-0.3, -0.25) is 0 Å². The van der Waals surface area contributed by atoms with Gasteiger partial charge in [0.25, 0.3) is 0 Å². The van der Waals surface area contributed by atoms with E-state index in [1.165, 1.54) is 0 Å². The number of benzene rings is 2. The van der Waals surface area contributed by atoms with Crippen LogP contribution < -0.4 is 20.8 Å². The molecule has 0 unspecified atom stereocenters. The van der Waals surface area contributed by atoms with E-state index in [0.717, 1.165) is 0 Å². The Morgan fingerprint density at radius 2 is 1.22 bits per heavy atom. The molecule has 8 nitrogen and oxygen atoms in total. The lowest BCUT2D eigenvalue weighted by Gasteiger charge is -2.10. The molecular formula is C18H21BN2O6. The SMILES string of the molecule is NCCOC(=O)c1cccc(OBOc2cccc(C(=O)OCCN)c2)c1. The van der Waals surface area contributed by atoms with Gasteiger partial charge in [-0.1, -0.05) is 12.1 Å². The average Bonchev–Trinajstić information content (AvgIpc) is 2.70. The van der Waals surface area contributed by atoms with E-state index in [9.17, 15) is 9.59 Å². The molecule has 0 aliphatic carbocycles. The summed E-state index contributed by atoms with van der Waals surface area (Å²) in [6.45, 7) is 0.817. The number of hydrogen-bond donors (Lipinski definition) is 2. The third-order valence-corrected chi connectivity index (χ3v) is 3.29. The van der Waals surface area contributed by atoms with Gasteiger partial charge >= 0.3 is 19.6 Å². The van der Waals surface area contributed by atoms with Gasteiger partial charge in [0.05, 0.1) is 11.1 Å². The molecule has 2 rings (SSSR count). The standard InChI is InChI=1S/C18H21BN2O6/c20-7-9-24-17(22)13-3-1-5-15(11-13)26-19-27-16-6-2-4-14(12-16)18(23)25-10-8-21/h1-6,11-12,19H,7-10,20-21H2. The number of ether oxygens (including phenoxy) is 2. The molecule has 142 valence electrons. The van der Waals surface area contributed by atoms with Crippen molar-refractivity contribution in [2.75, 3.05) is 26.3 Å². The minimum absolute atomic E-state index is 0.109. The van der Waals surface area contributed by atoms with Gasteiger partial charge in [-0.15, -0.1) is 0 Å². The molecule has 0 fully saturated rings. The summed E-state index contributed by atoms with van der Waals surface area (Å²) in [4.78, 5) is 23.6. The van der Waals surface area contributed by atoms with Crippen LogP contribution in [0.5, 0.6) is 11.5 Å². The maximum atomic E-state index is 11.8. The molecule has 27 heavy (non-hydrogen) atoms. The zero-order valence-electron chi connectivity index (χ0n) is 14.8. The topological polar surface area (TPSA) is 123 Å². The molecule has 0 spiro atoms. The zero-order valence-corrected chi connectivity index (χ0v) is 14.8. The summed E-state index contributed by atoms with van der Waals surface area (Å²) < 4.78 is 20.9. The number of rotatable bonds is 10. The van der Waals surface area contributed by atoms with Gasteiger partial charge in [-0.25, -0.2) is 9.59 Å². The fourth-order valence-corrected chi connectivity index (χ4v) is 2.06. The van der Waals surface area contributed by atoms with Gasteiger partial charge in [0.1, 0.15) is 24.7 Å². The van der Waals surface area contributed by atoms with E-state index in [0.29, 0.717) is 22.6 Å². The van der Waals surface area contributed by atoms with E-state index in [4.69, 9.17) is 30.2 Å². The van der Waals surface area contributed by atoms with Crippen LogP contribution in [0.4, 0.5) is 0 Å². The first kappa shape index (κ1) is 20.3. The third-order valence-electron chi connectivity index (χ3n) is 3.29. The Bertz CT molecular complexity index is 708. The molecule has 0 aliphatic rings. The summed E-state index contributed by atoms with van der Waals surface area (Å²) in [6.07, 6.45) is 0. The second-order valence-corrected chi connectivity index (χ2v) is 5.31. The zero-order chi connectivity index (χ0) is 19.5. The van der Waals surface area contributed by atoms with Crippen LogP contribution in [0, 0.1) is 0 Å². The molecule has 0 heterocycles. The summed E-state index contributed by atoms with van der Waals surface area (Å²) in [5.74, 6) is -0.0718. The summed E-state index contributed by atoms with van der Waals surface area (Å²) >= 11 is 0. The fraction of sp³-hybridized carbons (Fsp3) is 0.222. The maximum Gasteiger partial charge on any atom is 0.576 e. The highest BCUT2D eigenvalue weighted by Gasteiger charge is 2.10. The van der Waals surface area contributed by atoms with Crippen molar-refractivity contribution < 1.29 is 28.4 Å². The van der Waals surface area contributed by atoms with Crippen molar-refractivity contribution in [2.24, 2.45) is 11.5 Å². The van der Waals surface area contributed by atoms with Crippen LogP contribution in [0.2, 0.25) is 0 Å². The molecule has 4 N–H and O–H groups in total. The molecule has 2 aromatic rings. The second kappa shape index (κ2) is 10.8. The van der Waals surface area contributed by atoms with Crippen molar-refractivity contribution in [3.63, 3.8) is 0 Å². The first-order valence-corrected chi connectivity index (χ1v) is 8.34. The monoisotopic (exact) mass is 372 g/mol. The predicted octanol–water partition coefficient (Wildman–Crippen LogP) is 0.642. The van der Waals surface area contributed by atoms with Gasteiger partial charge in [0.15, 0.2) is 0 Å². The lowest BCUT2D eigenvalue weighted by molar-refractivity contribution is 0.0507. The van der Waals surface area contributed by atoms with Crippen molar-refractivity contribution in [3.05, 3.63) is 59.7 Å². The number of carbonyl (C=O) groups is 2. The molecule has 2 aromatic carbocycles. The van der Waals surface area contributed by atoms with Crippen LogP contribution >= 0.6 is 0 Å². The van der Waals surface area contributed by atoms with Gasteiger partial charge < -0.3 is 30.2 Å². The first-order chi connectivity index (χ1) is 13.1. The molecular weight excluding hydrogens is 351 g/mol. The molecule has 0 aliphatic heterocycles. The highest BCUT2D eigenvalue weighted by Crippen LogP contribution is 2.16. The van der Waals surface area contributed by atoms with Crippen LogP contribution in [-0.2, 0) is 9.47 Å². The minimum Gasteiger partial charge on any atom is -0.528 e. The fourth-order valence-electron chi connectivity index (χ4n) is 2.06. The van der Waals surface area contributed by atoms with Gasteiger partial charge in [0, 0.05) is 13.1 Å². The lowest BCUT2D eigenvalue weighted by atomic mass is 10.2. The van der Waals surface area contributed by atoms with Crippen LogP contribution in [-0.4, -0.2) is 45.9 Å². The van der Waals surface area contributed by atoms with Crippen LogP contribution in [0.3, 0.4) is 0 Å². The lowest BCUT2D eigenvalue weighted by Crippen LogP contribution is -2.15. The normalized spacial score (nSPS) is 10.0. The summed E-state index contributed by atoms with van der Waals surface area (Å²) in [5.41, 5.74) is 11.3. The Kier molecular flexibility index (Phi) is 8.14. The number of esters is 2. The molecule has 0 aromatic heterocycles. The molecule has 9 heteroatoms. The van der Waals surface area contributed by atoms with Crippen molar-refractivity contribution in [1.82, 2.24) is 0 Å². The smallest absolute Gasteiger partial charge is 0.528 e. The van der Waals surface area contributed by atoms with Crippen LogP contribution in [0.15, 0.2) is 48.5 Å². The Hall–Kier alpha value is -3.04. The Labute approximate surface area is 157 Å².